The van der Waals surface area contributed by atoms with Crippen LogP contribution in [-0.2, 0) is 0 Å². The summed E-state index contributed by atoms with van der Waals surface area (Å²) in [5.74, 6) is 0.825. The van der Waals surface area contributed by atoms with Crippen molar-refractivity contribution >= 4 is 16.8 Å². The Morgan fingerprint density at radius 3 is 2.88 bits per heavy atom. The number of carbonyl (C=O) groups is 1. The van der Waals surface area contributed by atoms with Crippen LogP contribution in [0, 0.1) is 20.8 Å². The SMILES string of the molecule is Cc1ccc2[nH]c(C(=O)N3CCCC3c3cc(C)on3)c(C)c2c1. The van der Waals surface area contributed by atoms with Crippen LogP contribution in [0.1, 0.15) is 52.0 Å². The molecule has 4 rings (SSSR count). The van der Waals surface area contributed by atoms with Crippen molar-refractivity contribution in [3.63, 3.8) is 0 Å². The Morgan fingerprint density at radius 1 is 1.29 bits per heavy atom. The zero-order valence-electron chi connectivity index (χ0n) is 14.2. The molecule has 0 saturated carbocycles. The lowest BCUT2D eigenvalue weighted by molar-refractivity contribution is 0.0725. The molecule has 1 unspecified atom stereocenters. The molecule has 124 valence electrons. The summed E-state index contributed by atoms with van der Waals surface area (Å²) < 4.78 is 5.20. The number of rotatable bonds is 2. The van der Waals surface area contributed by atoms with Crippen LogP contribution in [0.25, 0.3) is 10.9 Å². The molecule has 5 heteroatoms. The number of hydrogen-bond donors (Lipinski definition) is 1. The van der Waals surface area contributed by atoms with Crippen LogP contribution in [0.5, 0.6) is 0 Å². The number of nitrogens with one attached hydrogen (secondary N) is 1. The molecule has 1 aliphatic heterocycles. The van der Waals surface area contributed by atoms with Crippen molar-refractivity contribution < 1.29 is 9.32 Å². The predicted octanol–water partition coefficient (Wildman–Crippen LogP) is 4.06. The normalized spacial score (nSPS) is 17.8. The summed E-state index contributed by atoms with van der Waals surface area (Å²) in [5, 5.41) is 5.24. The molecule has 0 bridgehead atoms. The maximum absolute atomic E-state index is 13.1. The first-order valence-electron chi connectivity index (χ1n) is 8.37. The summed E-state index contributed by atoms with van der Waals surface area (Å²) in [6, 6.07) is 8.15. The molecule has 5 nitrogen and oxygen atoms in total. The molecule has 24 heavy (non-hydrogen) atoms. The Kier molecular flexibility index (Phi) is 3.44. The minimum absolute atomic E-state index is 0.00231. The van der Waals surface area contributed by atoms with E-state index in [1.165, 1.54) is 5.56 Å². The number of fused-ring (bicyclic) bond motifs is 1. The van der Waals surface area contributed by atoms with Crippen LogP contribution in [0.4, 0.5) is 0 Å². The van der Waals surface area contributed by atoms with E-state index in [9.17, 15) is 4.79 Å². The summed E-state index contributed by atoms with van der Waals surface area (Å²) in [5.41, 5.74) is 4.75. The molecule has 1 atom stereocenters. The van der Waals surface area contributed by atoms with Gasteiger partial charge in [-0.1, -0.05) is 16.8 Å². The number of nitrogens with zero attached hydrogens (tertiary/aromatic N) is 2. The Morgan fingerprint density at radius 2 is 2.12 bits per heavy atom. The molecule has 0 radical (unpaired) electrons. The number of carbonyl (C=O) groups excluding carboxylic acids is 1. The van der Waals surface area contributed by atoms with Gasteiger partial charge in [-0.15, -0.1) is 0 Å². The monoisotopic (exact) mass is 323 g/mol. The van der Waals surface area contributed by atoms with Gasteiger partial charge in [-0.05, 0) is 51.3 Å². The second-order valence-corrected chi connectivity index (χ2v) is 6.69. The summed E-state index contributed by atoms with van der Waals surface area (Å²) in [4.78, 5) is 18.4. The van der Waals surface area contributed by atoms with Gasteiger partial charge in [-0.25, -0.2) is 0 Å². The van der Waals surface area contributed by atoms with Gasteiger partial charge in [-0.2, -0.15) is 0 Å². The molecule has 1 aromatic carbocycles. The van der Waals surface area contributed by atoms with E-state index in [1.807, 2.05) is 30.9 Å². The van der Waals surface area contributed by atoms with Crippen LogP contribution in [0.3, 0.4) is 0 Å². The standard InChI is InChI=1S/C19H21N3O2/c1-11-6-7-15-14(9-11)13(3)18(20-15)19(23)22-8-4-5-17(22)16-10-12(2)24-21-16/h6-7,9-10,17,20H,4-5,8H2,1-3H3. The van der Waals surface area contributed by atoms with E-state index in [2.05, 4.69) is 29.2 Å². The number of H-pyrrole nitrogens is 1. The zero-order valence-corrected chi connectivity index (χ0v) is 14.2. The smallest absolute Gasteiger partial charge is 0.271 e. The molecule has 3 heterocycles. The highest BCUT2D eigenvalue weighted by atomic mass is 16.5. The van der Waals surface area contributed by atoms with Crippen molar-refractivity contribution in [2.24, 2.45) is 0 Å². The third kappa shape index (κ3) is 2.31. The van der Waals surface area contributed by atoms with Crippen molar-refractivity contribution in [3.8, 4) is 0 Å². The van der Waals surface area contributed by atoms with Gasteiger partial charge in [0.15, 0.2) is 0 Å². The van der Waals surface area contributed by atoms with Crippen LogP contribution >= 0.6 is 0 Å². The Labute approximate surface area is 140 Å². The summed E-state index contributed by atoms with van der Waals surface area (Å²) >= 11 is 0. The van der Waals surface area contributed by atoms with E-state index in [4.69, 9.17) is 4.52 Å². The van der Waals surface area contributed by atoms with E-state index >= 15 is 0 Å². The third-order valence-electron chi connectivity index (χ3n) is 4.93. The van der Waals surface area contributed by atoms with Gasteiger partial charge in [0, 0.05) is 23.5 Å². The second kappa shape index (κ2) is 5.51. The van der Waals surface area contributed by atoms with Crippen LogP contribution in [-0.4, -0.2) is 27.5 Å². The molecule has 1 saturated heterocycles. The number of benzene rings is 1. The van der Waals surface area contributed by atoms with Gasteiger partial charge in [0.2, 0.25) is 0 Å². The fourth-order valence-electron chi connectivity index (χ4n) is 3.66. The lowest BCUT2D eigenvalue weighted by atomic mass is 10.1. The van der Waals surface area contributed by atoms with Crippen LogP contribution in [0.15, 0.2) is 28.8 Å². The number of aromatic amines is 1. The molecule has 1 aliphatic rings. The number of aryl methyl sites for hydroxylation is 3. The fraction of sp³-hybridized carbons (Fsp3) is 0.368. The molecule has 1 N–H and O–H groups in total. The first-order valence-corrected chi connectivity index (χ1v) is 8.37. The van der Waals surface area contributed by atoms with E-state index in [0.717, 1.165) is 47.3 Å². The summed E-state index contributed by atoms with van der Waals surface area (Å²) in [6.45, 7) is 6.71. The van der Waals surface area contributed by atoms with Crippen molar-refractivity contribution in [1.82, 2.24) is 15.0 Å². The van der Waals surface area contributed by atoms with E-state index in [0.29, 0.717) is 5.69 Å². The zero-order chi connectivity index (χ0) is 16.8. The lowest BCUT2D eigenvalue weighted by Crippen LogP contribution is -2.31. The Bertz CT molecular complexity index is 922. The third-order valence-corrected chi connectivity index (χ3v) is 4.93. The van der Waals surface area contributed by atoms with Gasteiger partial charge in [-0.3, -0.25) is 4.79 Å². The quantitative estimate of drug-likeness (QED) is 0.773. The predicted molar refractivity (Wildman–Crippen MR) is 92.0 cm³/mol. The van der Waals surface area contributed by atoms with Gasteiger partial charge in [0.1, 0.15) is 17.1 Å². The van der Waals surface area contributed by atoms with Crippen molar-refractivity contribution in [1.29, 1.82) is 0 Å². The second-order valence-electron chi connectivity index (χ2n) is 6.69. The lowest BCUT2D eigenvalue weighted by Gasteiger charge is -2.22. The van der Waals surface area contributed by atoms with E-state index < -0.39 is 0 Å². The minimum atomic E-state index is 0.00231. The van der Waals surface area contributed by atoms with E-state index in [1.54, 1.807) is 0 Å². The van der Waals surface area contributed by atoms with Crippen molar-refractivity contribution in [2.45, 2.75) is 39.7 Å². The maximum atomic E-state index is 13.1. The highest BCUT2D eigenvalue weighted by Gasteiger charge is 2.34. The number of hydrogen-bond acceptors (Lipinski definition) is 3. The molecule has 3 aromatic rings. The molecule has 0 aliphatic carbocycles. The fourth-order valence-corrected chi connectivity index (χ4v) is 3.66. The summed E-state index contributed by atoms with van der Waals surface area (Å²) in [7, 11) is 0. The maximum Gasteiger partial charge on any atom is 0.271 e. The first kappa shape index (κ1) is 15.0. The van der Waals surface area contributed by atoms with Crippen molar-refractivity contribution in [3.05, 3.63) is 52.5 Å². The van der Waals surface area contributed by atoms with Gasteiger partial charge >= 0.3 is 0 Å². The number of likely N-dealkylation sites (tertiary alicyclic amines) is 1. The molecule has 2 aromatic heterocycles. The Balaban J connectivity index is 1.71. The Hall–Kier alpha value is -2.56. The minimum Gasteiger partial charge on any atom is -0.361 e. The van der Waals surface area contributed by atoms with Crippen LogP contribution in [0.2, 0.25) is 0 Å². The molecular formula is C19H21N3O2. The van der Waals surface area contributed by atoms with Crippen molar-refractivity contribution in [2.75, 3.05) is 6.54 Å². The number of amides is 1. The average molecular weight is 323 g/mol. The number of aromatic nitrogens is 2. The average Bonchev–Trinajstić information content (AvgIpc) is 3.26. The van der Waals surface area contributed by atoms with Crippen LogP contribution < -0.4 is 0 Å². The molecular weight excluding hydrogens is 302 g/mol. The van der Waals surface area contributed by atoms with E-state index in [-0.39, 0.29) is 11.9 Å². The highest BCUT2D eigenvalue weighted by molar-refractivity contribution is 6.01. The van der Waals surface area contributed by atoms with Gasteiger partial charge < -0.3 is 14.4 Å². The topological polar surface area (TPSA) is 62.1 Å². The van der Waals surface area contributed by atoms with Gasteiger partial charge in [0.25, 0.3) is 5.91 Å². The molecule has 1 fully saturated rings. The van der Waals surface area contributed by atoms with Gasteiger partial charge in [0.05, 0.1) is 6.04 Å². The molecule has 1 amide bonds. The summed E-state index contributed by atoms with van der Waals surface area (Å²) in [6.07, 6.45) is 1.91. The molecule has 0 spiro atoms. The highest BCUT2D eigenvalue weighted by Crippen LogP contribution is 2.34. The largest absolute Gasteiger partial charge is 0.361 e. The first-order chi connectivity index (χ1) is 11.5.